The van der Waals surface area contributed by atoms with Gasteiger partial charge in [0.15, 0.2) is 0 Å². The summed E-state index contributed by atoms with van der Waals surface area (Å²) in [6.45, 7) is 32.2. The second kappa shape index (κ2) is 51.3. The zero-order chi connectivity index (χ0) is 57.6. The fourth-order valence-electron chi connectivity index (χ4n) is 6.27. The van der Waals surface area contributed by atoms with Crippen molar-refractivity contribution in [3.8, 4) is 0 Å². The molecule has 0 aliphatic carbocycles. The Bertz CT molecular complexity index is 1760. The van der Waals surface area contributed by atoms with Crippen molar-refractivity contribution in [2.24, 2.45) is 0 Å². The summed E-state index contributed by atoms with van der Waals surface area (Å²) in [5.74, 6) is -3.06. The molecule has 0 fully saturated rings. The molecule has 0 spiro atoms. The minimum atomic E-state index is -1.37. The van der Waals surface area contributed by atoms with E-state index in [2.05, 4.69) is 26.6 Å². The topological polar surface area (TPSA) is 328 Å². The van der Waals surface area contributed by atoms with E-state index in [1.807, 2.05) is 83.1 Å². The number of nitrogens with zero attached hydrogens (tertiary/aromatic N) is 1. The van der Waals surface area contributed by atoms with E-state index >= 15 is 0 Å². The maximum Gasteiger partial charge on any atom is 0.254 e. The van der Waals surface area contributed by atoms with Gasteiger partial charge in [-0.1, -0.05) is 83.1 Å². The Morgan fingerprint density at radius 3 is 1.27 bits per heavy atom. The number of aliphatic hydroxyl groups is 8. The molecule has 0 aromatic heterocycles. The van der Waals surface area contributed by atoms with Crippen molar-refractivity contribution < 1.29 is 69.6 Å². The van der Waals surface area contributed by atoms with Gasteiger partial charge in [0.05, 0.1) is 45.2 Å². The highest BCUT2D eigenvalue weighted by atomic mass is 16.3. The summed E-state index contributed by atoms with van der Waals surface area (Å²) in [4.78, 5) is 76.7. The third kappa shape index (κ3) is 28.5. The van der Waals surface area contributed by atoms with Gasteiger partial charge < -0.3 is 77.1 Å². The molecule has 0 saturated carbocycles. The second-order valence-electron chi connectivity index (χ2n) is 13.0. The third-order valence-electron chi connectivity index (χ3n) is 8.87. The van der Waals surface area contributed by atoms with E-state index in [0.29, 0.717) is 40.8 Å². The number of amides is 5. The van der Waals surface area contributed by atoms with E-state index in [9.17, 15) is 49.5 Å². The quantitative estimate of drug-likeness (QED) is 0.0889. The number of anilines is 2. The van der Waals surface area contributed by atoms with Crippen LogP contribution in [-0.4, -0.2) is 173 Å². The molecule has 2 rings (SSSR count). The van der Waals surface area contributed by atoms with Crippen molar-refractivity contribution in [3.63, 3.8) is 0 Å². The minimum absolute atomic E-state index is 0.00753. The summed E-state index contributed by atoms with van der Waals surface area (Å²) in [7, 11) is 1.69. The van der Waals surface area contributed by atoms with Crippen molar-refractivity contribution in [3.05, 3.63) is 55.6 Å². The molecule has 20 nitrogen and oxygen atoms in total. The van der Waals surface area contributed by atoms with Gasteiger partial charge in [0, 0.05) is 73.4 Å². The Kier molecular flexibility index (Phi) is 57.8. The number of aldehydes is 1. The SMILES string of the molecule is CC.CC.CC.CC.CC.CC.CCNC(=O)c1c(C)c(NC)c(C)c(C(=O)NCCN(CC(O)CO)C(=O)c2c(C)c(NC(=O)CO)c(C)c(C(=O)NCC(O)CO)c2C)c1C.O=CCO.OCCO. The van der Waals surface area contributed by atoms with Gasteiger partial charge >= 0.3 is 0 Å². The lowest BCUT2D eigenvalue weighted by atomic mass is 9.89. The number of aliphatic hydroxyl groups excluding tert-OH is 8. The van der Waals surface area contributed by atoms with Gasteiger partial charge in [-0.15, -0.1) is 0 Å². The Hall–Kier alpha value is -5.06. The van der Waals surface area contributed by atoms with Crippen LogP contribution in [0.4, 0.5) is 11.4 Å². The first-order valence-electron chi connectivity index (χ1n) is 24.7. The smallest absolute Gasteiger partial charge is 0.254 e. The number of carbonyl (C=O) groups is 6. The fourth-order valence-corrected chi connectivity index (χ4v) is 6.27. The molecular weight excluding hydrogens is 921 g/mol. The largest absolute Gasteiger partial charge is 0.394 e. The van der Waals surface area contributed by atoms with Crippen LogP contribution in [0, 0.1) is 41.5 Å². The molecule has 0 saturated heterocycles. The van der Waals surface area contributed by atoms with Crippen LogP contribution in [0.3, 0.4) is 0 Å². The van der Waals surface area contributed by atoms with Gasteiger partial charge in [-0.05, 0) is 81.8 Å². The monoisotopic (exact) mass is 1020 g/mol. The first kappa shape index (κ1) is 80.0. The van der Waals surface area contributed by atoms with E-state index < -0.39 is 55.7 Å². The molecule has 0 aliphatic rings. The predicted octanol–water partition coefficient (Wildman–Crippen LogP) is 3.87. The summed E-state index contributed by atoms with van der Waals surface area (Å²) in [5.41, 5.74) is 3.79. The van der Waals surface area contributed by atoms with Crippen LogP contribution in [0.25, 0.3) is 0 Å². The van der Waals surface area contributed by atoms with Gasteiger partial charge in [0.25, 0.3) is 23.6 Å². The maximum absolute atomic E-state index is 14.3. The zero-order valence-corrected chi connectivity index (χ0v) is 47.0. The normalized spacial score (nSPS) is 9.97. The molecule has 20 heteroatoms. The lowest BCUT2D eigenvalue weighted by Crippen LogP contribution is -2.44. The highest BCUT2D eigenvalue weighted by Gasteiger charge is 2.30. The number of hydrogen-bond acceptors (Lipinski definition) is 15. The Balaban J connectivity index is -0.000000355. The summed E-state index contributed by atoms with van der Waals surface area (Å²) >= 11 is 0. The molecule has 2 aromatic carbocycles. The number of rotatable bonds is 19. The highest BCUT2D eigenvalue weighted by Crippen LogP contribution is 2.33. The molecule has 71 heavy (non-hydrogen) atoms. The molecular formula is C51H98N6O14. The third-order valence-corrected chi connectivity index (χ3v) is 8.87. The molecule has 0 bridgehead atoms. The van der Waals surface area contributed by atoms with E-state index in [4.69, 9.17) is 20.1 Å². The van der Waals surface area contributed by atoms with E-state index in [1.165, 1.54) is 25.7 Å². The zero-order valence-electron chi connectivity index (χ0n) is 47.0. The van der Waals surface area contributed by atoms with Crippen LogP contribution in [-0.2, 0) is 9.59 Å². The maximum atomic E-state index is 14.3. The summed E-state index contributed by atoms with van der Waals surface area (Å²) in [6.07, 6.45) is -2.19. The Morgan fingerprint density at radius 2 is 0.915 bits per heavy atom. The lowest BCUT2D eigenvalue weighted by Gasteiger charge is -2.29. The molecule has 13 N–H and O–H groups in total. The molecule has 5 amide bonds. The molecule has 416 valence electrons. The average molecular weight is 1020 g/mol. The Morgan fingerprint density at radius 1 is 0.549 bits per heavy atom. The van der Waals surface area contributed by atoms with Crippen LogP contribution in [0.1, 0.15) is 165 Å². The highest BCUT2D eigenvalue weighted by molar-refractivity contribution is 6.08. The van der Waals surface area contributed by atoms with Crippen molar-refractivity contribution in [1.29, 1.82) is 0 Å². The van der Waals surface area contributed by atoms with Gasteiger partial charge in [-0.3, -0.25) is 24.0 Å². The van der Waals surface area contributed by atoms with Crippen LogP contribution < -0.4 is 26.6 Å². The number of benzene rings is 2. The molecule has 2 atom stereocenters. The van der Waals surface area contributed by atoms with E-state index in [0.717, 1.165) is 0 Å². The van der Waals surface area contributed by atoms with Crippen molar-refractivity contribution in [1.82, 2.24) is 20.9 Å². The van der Waals surface area contributed by atoms with Crippen molar-refractivity contribution in [2.45, 2.75) is 144 Å². The average Bonchev–Trinajstić information content (AvgIpc) is 3.40. The summed E-state index contributed by atoms with van der Waals surface area (Å²) in [6, 6.07) is 0. The number of nitrogens with one attached hydrogen (secondary N) is 5. The van der Waals surface area contributed by atoms with Crippen molar-refractivity contribution in [2.75, 3.05) is 90.0 Å². The summed E-state index contributed by atoms with van der Waals surface area (Å²) in [5, 5.41) is 84.8. The van der Waals surface area contributed by atoms with Crippen LogP contribution in [0.2, 0.25) is 0 Å². The first-order valence-corrected chi connectivity index (χ1v) is 24.7. The second-order valence-corrected chi connectivity index (χ2v) is 13.0. The molecule has 0 radical (unpaired) electrons. The van der Waals surface area contributed by atoms with Gasteiger partial charge in [-0.25, -0.2) is 0 Å². The molecule has 2 unspecified atom stereocenters. The van der Waals surface area contributed by atoms with Crippen LogP contribution in [0.15, 0.2) is 0 Å². The fraction of sp³-hybridized carbons (Fsp3) is 0.647. The van der Waals surface area contributed by atoms with Gasteiger partial charge in [0.1, 0.15) is 12.9 Å². The summed E-state index contributed by atoms with van der Waals surface area (Å²) < 4.78 is 0. The first-order chi connectivity index (χ1) is 33.8. The molecule has 0 heterocycles. The van der Waals surface area contributed by atoms with Gasteiger partial charge in [-0.2, -0.15) is 0 Å². The Labute approximate surface area is 426 Å². The lowest BCUT2D eigenvalue weighted by molar-refractivity contribution is -0.118. The molecule has 0 aliphatic heterocycles. The standard InChI is InChI=1S/C35H52N6O10.C2H6O2.C2H4O2.6C2H6/c1-9-37-32(48)26-17(2)27(20(5)30(36-8)19(26)4)33(49)38-10-11-41(13-24(46)15-43)35(51)29-18(3)28(34(50)39-12-23(45)14-42)21(6)31(22(29)7)40-25(47)16-44;2*3-1-2-4;6*1-2/h23-24,36,42-46H,9-16H2,1-8H3,(H,37,48)(H,38,49)(H,39,50)(H,40,47);3-4H,1-2H2;1,4H,2H2;6*1-2H3. The number of hydrogen-bond donors (Lipinski definition) is 13. The number of carbonyl (C=O) groups excluding carboxylic acids is 6. The predicted molar refractivity (Wildman–Crippen MR) is 287 cm³/mol. The van der Waals surface area contributed by atoms with Crippen LogP contribution in [0.5, 0.6) is 0 Å². The molecule has 2 aromatic rings. The van der Waals surface area contributed by atoms with Gasteiger partial charge in [0.2, 0.25) is 5.91 Å². The van der Waals surface area contributed by atoms with Crippen molar-refractivity contribution >= 4 is 47.2 Å². The minimum Gasteiger partial charge on any atom is -0.394 e. The van der Waals surface area contributed by atoms with E-state index in [-0.39, 0.29) is 91.0 Å². The van der Waals surface area contributed by atoms with Crippen LogP contribution >= 0.6 is 0 Å². The van der Waals surface area contributed by atoms with E-state index in [1.54, 1.807) is 34.7 Å².